The molecule has 1 unspecified atom stereocenters. The number of methoxy groups -OCH3 is 1. The standard InChI is InChI=1S/C22H21F4N3O2/c1-13-18(20(30)31-3)19(15-7-9-17(23)10-8-15)28-21(29(13)2)27-12-14-5-4-6-16(11-14)22(24,25)26/h4-11,19H,12H2,1-3H3,(H,27,28). The molecule has 0 aliphatic carbocycles. The van der Waals surface area contributed by atoms with Crippen molar-refractivity contribution in [1.29, 1.82) is 0 Å². The summed E-state index contributed by atoms with van der Waals surface area (Å²) in [7, 11) is 2.94. The summed E-state index contributed by atoms with van der Waals surface area (Å²) in [4.78, 5) is 18.5. The lowest BCUT2D eigenvalue weighted by Crippen LogP contribution is -2.47. The van der Waals surface area contributed by atoms with E-state index in [0.29, 0.717) is 28.4 Å². The molecule has 1 atom stereocenters. The van der Waals surface area contributed by atoms with Crippen LogP contribution in [0.15, 0.2) is 64.8 Å². The maximum absolute atomic E-state index is 13.4. The molecular weight excluding hydrogens is 414 g/mol. The summed E-state index contributed by atoms with van der Waals surface area (Å²) in [5.74, 6) is -0.615. The number of nitrogens with zero attached hydrogens (tertiary/aromatic N) is 2. The molecule has 2 aromatic carbocycles. The summed E-state index contributed by atoms with van der Waals surface area (Å²) in [6.07, 6.45) is -4.44. The monoisotopic (exact) mass is 435 g/mol. The van der Waals surface area contributed by atoms with Crippen molar-refractivity contribution in [3.63, 3.8) is 0 Å². The van der Waals surface area contributed by atoms with Gasteiger partial charge in [0.2, 0.25) is 0 Å². The number of benzene rings is 2. The number of hydrogen-bond donors (Lipinski definition) is 1. The van der Waals surface area contributed by atoms with Gasteiger partial charge in [0, 0.05) is 12.7 Å². The molecule has 0 saturated carbocycles. The summed E-state index contributed by atoms with van der Waals surface area (Å²) < 4.78 is 57.2. The fourth-order valence-corrected chi connectivity index (χ4v) is 3.29. The molecule has 31 heavy (non-hydrogen) atoms. The second-order valence-electron chi connectivity index (χ2n) is 7.02. The molecule has 0 fully saturated rings. The first-order chi connectivity index (χ1) is 14.6. The van der Waals surface area contributed by atoms with Crippen LogP contribution in [-0.4, -0.2) is 31.0 Å². The summed E-state index contributed by atoms with van der Waals surface area (Å²) in [5.41, 5.74) is 1.14. The van der Waals surface area contributed by atoms with Crippen molar-refractivity contribution >= 4 is 11.9 Å². The van der Waals surface area contributed by atoms with E-state index >= 15 is 0 Å². The zero-order valence-corrected chi connectivity index (χ0v) is 17.1. The van der Waals surface area contributed by atoms with Crippen LogP contribution in [-0.2, 0) is 22.3 Å². The van der Waals surface area contributed by atoms with E-state index in [1.807, 2.05) is 0 Å². The number of halogens is 4. The summed E-state index contributed by atoms with van der Waals surface area (Å²) >= 11 is 0. The van der Waals surface area contributed by atoms with E-state index in [1.165, 1.54) is 25.3 Å². The van der Waals surface area contributed by atoms with Gasteiger partial charge in [-0.1, -0.05) is 24.3 Å². The lowest BCUT2D eigenvalue weighted by Gasteiger charge is -2.35. The zero-order valence-electron chi connectivity index (χ0n) is 17.1. The quantitative estimate of drug-likeness (QED) is 0.571. The molecule has 3 rings (SSSR count). The Balaban J connectivity index is 1.96. The van der Waals surface area contributed by atoms with E-state index in [0.717, 1.165) is 12.1 Å². The first-order valence-electron chi connectivity index (χ1n) is 9.37. The van der Waals surface area contributed by atoms with Crippen molar-refractivity contribution in [3.05, 3.63) is 82.3 Å². The SMILES string of the molecule is COC(=O)C1=C(C)N(C)C(=NCc2cccc(C(F)(F)F)c2)NC1c1ccc(F)cc1. The number of hydrogen-bond acceptors (Lipinski definition) is 3. The fourth-order valence-electron chi connectivity index (χ4n) is 3.29. The van der Waals surface area contributed by atoms with Gasteiger partial charge in [-0.3, -0.25) is 0 Å². The molecule has 164 valence electrons. The van der Waals surface area contributed by atoms with Crippen LogP contribution in [0.3, 0.4) is 0 Å². The number of carbonyl (C=O) groups excluding carboxylic acids is 1. The molecule has 1 aliphatic heterocycles. The average Bonchev–Trinajstić information content (AvgIpc) is 2.74. The number of allylic oxidation sites excluding steroid dienone is 1. The van der Waals surface area contributed by atoms with Crippen LogP contribution in [0.25, 0.3) is 0 Å². The maximum Gasteiger partial charge on any atom is 0.416 e. The maximum atomic E-state index is 13.4. The second kappa shape index (κ2) is 8.79. The van der Waals surface area contributed by atoms with E-state index in [1.54, 1.807) is 37.1 Å². The molecule has 1 aliphatic rings. The number of guanidine groups is 1. The highest BCUT2D eigenvalue weighted by Gasteiger charge is 2.34. The lowest BCUT2D eigenvalue weighted by molar-refractivity contribution is -0.138. The Morgan fingerprint density at radius 2 is 1.87 bits per heavy atom. The number of ether oxygens (including phenoxy) is 1. The van der Waals surface area contributed by atoms with Gasteiger partial charge in [0.05, 0.1) is 30.8 Å². The van der Waals surface area contributed by atoms with Gasteiger partial charge >= 0.3 is 12.1 Å². The van der Waals surface area contributed by atoms with Crippen molar-refractivity contribution < 1.29 is 27.1 Å². The first kappa shape index (κ1) is 22.3. The van der Waals surface area contributed by atoms with E-state index in [4.69, 9.17) is 4.74 Å². The van der Waals surface area contributed by atoms with Crippen LogP contribution in [0, 0.1) is 5.82 Å². The molecule has 0 spiro atoms. The molecule has 0 radical (unpaired) electrons. The Morgan fingerprint density at radius 1 is 1.19 bits per heavy atom. The van der Waals surface area contributed by atoms with Crippen LogP contribution >= 0.6 is 0 Å². The highest BCUT2D eigenvalue weighted by Crippen LogP contribution is 2.32. The van der Waals surface area contributed by atoms with E-state index in [9.17, 15) is 22.4 Å². The number of nitrogens with one attached hydrogen (secondary N) is 1. The van der Waals surface area contributed by atoms with Crippen molar-refractivity contribution in [1.82, 2.24) is 10.2 Å². The third-order valence-corrected chi connectivity index (χ3v) is 5.05. The van der Waals surface area contributed by atoms with Crippen LogP contribution in [0.5, 0.6) is 0 Å². The molecule has 9 heteroatoms. The topological polar surface area (TPSA) is 53.9 Å². The minimum Gasteiger partial charge on any atom is -0.466 e. The van der Waals surface area contributed by atoms with Gasteiger partial charge in [-0.2, -0.15) is 13.2 Å². The average molecular weight is 435 g/mol. The fraction of sp³-hybridized carbons (Fsp3) is 0.273. The van der Waals surface area contributed by atoms with Gasteiger partial charge in [-0.05, 0) is 42.3 Å². The van der Waals surface area contributed by atoms with Crippen molar-refractivity contribution in [3.8, 4) is 0 Å². The number of esters is 1. The number of carbonyl (C=O) groups is 1. The summed E-state index contributed by atoms with van der Waals surface area (Å²) in [5, 5.41) is 3.12. The number of aliphatic imine (C=N–C) groups is 1. The van der Waals surface area contributed by atoms with E-state index in [2.05, 4.69) is 10.3 Å². The van der Waals surface area contributed by atoms with Crippen molar-refractivity contribution in [2.45, 2.75) is 25.7 Å². The second-order valence-corrected chi connectivity index (χ2v) is 7.02. The van der Waals surface area contributed by atoms with Gasteiger partial charge in [0.25, 0.3) is 0 Å². The van der Waals surface area contributed by atoms with Crippen molar-refractivity contribution in [2.75, 3.05) is 14.2 Å². The van der Waals surface area contributed by atoms with Gasteiger partial charge in [-0.25, -0.2) is 14.2 Å². The minimum atomic E-state index is -4.44. The highest BCUT2D eigenvalue weighted by atomic mass is 19.4. The predicted molar refractivity (Wildman–Crippen MR) is 107 cm³/mol. The Labute approximate surface area is 177 Å². The molecule has 0 amide bonds. The first-order valence-corrected chi connectivity index (χ1v) is 9.37. The van der Waals surface area contributed by atoms with Gasteiger partial charge < -0.3 is 15.0 Å². The molecule has 5 nitrogen and oxygen atoms in total. The zero-order chi connectivity index (χ0) is 22.8. The molecule has 0 bridgehead atoms. The molecule has 0 aromatic heterocycles. The molecule has 2 aromatic rings. The Morgan fingerprint density at radius 3 is 2.48 bits per heavy atom. The molecule has 0 saturated heterocycles. The summed E-state index contributed by atoms with van der Waals surface area (Å²) in [6, 6.07) is 9.91. The Bertz CT molecular complexity index is 1030. The Kier molecular flexibility index (Phi) is 6.33. The largest absolute Gasteiger partial charge is 0.466 e. The Hall–Kier alpha value is -3.36. The molecule has 1 heterocycles. The van der Waals surface area contributed by atoms with E-state index < -0.39 is 29.6 Å². The van der Waals surface area contributed by atoms with Gasteiger partial charge in [0.1, 0.15) is 5.82 Å². The lowest BCUT2D eigenvalue weighted by atomic mass is 9.95. The molecular formula is C22H21F4N3O2. The number of alkyl halides is 3. The number of rotatable bonds is 4. The van der Waals surface area contributed by atoms with Crippen LogP contribution in [0.4, 0.5) is 17.6 Å². The normalized spacial score (nSPS) is 18.2. The minimum absolute atomic E-state index is 0.00638. The summed E-state index contributed by atoms with van der Waals surface area (Å²) in [6.45, 7) is 1.71. The van der Waals surface area contributed by atoms with E-state index in [-0.39, 0.29) is 6.54 Å². The van der Waals surface area contributed by atoms with Crippen LogP contribution < -0.4 is 5.32 Å². The third-order valence-electron chi connectivity index (χ3n) is 5.05. The van der Waals surface area contributed by atoms with Crippen molar-refractivity contribution in [2.24, 2.45) is 4.99 Å². The smallest absolute Gasteiger partial charge is 0.416 e. The van der Waals surface area contributed by atoms with Crippen LogP contribution in [0.1, 0.15) is 29.7 Å². The highest BCUT2D eigenvalue weighted by molar-refractivity contribution is 5.96. The molecule has 1 N–H and O–H groups in total. The van der Waals surface area contributed by atoms with Gasteiger partial charge in [0.15, 0.2) is 5.96 Å². The predicted octanol–water partition coefficient (Wildman–Crippen LogP) is 4.42. The van der Waals surface area contributed by atoms with Gasteiger partial charge in [-0.15, -0.1) is 0 Å². The third kappa shape index (κ3) is 4.87. The van der Waals surface area contributed by atoms with Crippen LogP contribution in [0.2, 0.25) is 0 Å².